The monoisotopic (exact) mass is 256 g/mol. The molecular formula is C13H14F2O3. The third-order valence-electron chi connectivity index (χ3n) is 2.35. The summed E-state index contributed by atoms with van der Waals surface area (Å²) in [4.78, 5) is 22.5. The summed E-state index contributed by atoms with van der Waals surface area (Å²) >= 11 is 0. The summed E-state index contributed by atoms with van der Waals surface area (Å²) in [7, 11) is 0. The van der Waals surface area contributed by atoms with Gasteiger partial charge in [-0.25, -0.2) is 8.78 Å². The molecule has 0 saturated carbocycles. The summed E-state index contributed by atoms with van der Waals surface area (Å²) in [5, 5.41) is 0. The van der Waals surface area contributed by atoms with Crippen LogP contribution < -0.4 is 0 Å². The lowest BCUT2D eigenvalue weighted by Crippen LogP contribution is -2.11. The van der Waals surface area contributed by atoms with Gasteiger partial charge in [-0.3, -0.25) is 9.59 Å². The number of ether oxygens (including phenoxy) is 1. The molecule has 0 saturated heterocycles. The van der Waals surface area contributed by atoms with Crippen LogP contribution in [0.5, 0.6) is 0 Å². The average molecular weight is 256 g/mol. The molecule has 0 amide bonds. The normalized spacial score (nSPS) is 10.2. The first-order chi connectivity index (χ1) is 8.54. The van der Waals surface area contributed by atoms with Crippen molar-refractivity contribution < 1.29 is 23.1 Å². The molecule has 0 N–H and O–H groups in total. The number of esters is 1. The van der Waals surface area contributed by atoms with Gasteiger partial charge in [0.05, 0.1) is 13.0 Å². The number of carbonyl (C=O) groups is 2. The van der Waals surface area contributed by atoms with E-state index in [9.17, 15) is 18.4 Å². The Balaban J connectivity index is 2.52. The minimum atomic E-state index is -0.750. The summed E-state index contributed by atoms with van der Waals surface area (Å²) < 4.78 is 31.1. The van der Waals surface area contributed by atoms with E-state index in [0.29, 0.717) is 0 Å². The molecule has 0 heterocycles. The number of rotatable bonds is 6. The molecule has 3 nitrogen and oxygen atoms in total. The van der Waals surface area contributed by atoms with E-state index in [1.165, 1.54) is 6.07 Å². The molecule has 0 atom stereocenters. The van der Waals surface area contributed by atoms with Crippen molar-refractivity contribution in [2.24, 2.45) is 0 Å². The highest BCUT2D eigenvalue weighted by molar-refractivity contribution is 5.84. The highest BCUT2D eigenvalue weighted by atomic mass is 19.1. The second-order valence-electron chi connectivity index (χ2n) is 3.72. The fourth-order valence-electron chi connectivity index (χ4n) is 1.46. The topological polar surface area (TPSA) is 43.4 Å². The van der Waals surface area contributed by atoms with Gasteiger partial charge in [0.25, 0.3) is 0 Å². The second-order valence-corrected chi connectivity index (χ2v) is 3.72. The molecule has 98 valence electrons. The van der Waals surface area contributed by atoms with Crippen LogP contribution in [0, 0.1) is 11.6 Å². The van der Waals surface area contributed by atoms with Crippen molar-refractivity contribution in [3.8, 4) is 0 Å². The van der Waals surface area contributed by atoms with Gasteiger partial charge in [0.1, 0.15) is 17.4 Å². The van der Waals surface area contributed by atoms with Gasteiger partial charge in [0, 0.05) is 18.4 Å². The molecule has 1 aromatic carbocycles. The van der Waals surface area contributed by atoms with Crippen LogP contribution in [-0.2, 0) is 20.7 Å². The van der Waals surface area contributed by atoms with Gasteiger partial charge in [-0.2, -0.15) is 0 Å². The van der Waals surface area contributed by atoms with Crippen molar-refractivity contribution in [1.82, 2.24) is 0 Å². The van der Waals surface area contributed by atoms with Gasteiger partial charge in [0.2, 0.25) is 0 Å². The molecule has 0 aliphatic heterocycles. The fraction of sp³-hybridized carbons (Fsp3) is 0.385. The predicted octanol–water partition coefficient (Wildman–Crippen LogP) is 2.42. The molecule has 18 heavy (non-hydrogen) atoms. The summed E-state index contributed by atoms with van der Waals surface area (Å²) in [5.74, 6) is -2.38. The number of ketones is 1. The highest BCUT2D eigenvalue weighted by Crippen LogP contribution is 2.14. The fourth-order valence-corrected chi connectivity index (χ4v) is 1.46. The first-order valence-corrected chi connectivity index (χ1v) is 5.64. The first-order valence-electron chi connectivity index (χ1n) is 5.64. The lowest BCUT2D eigenvalue weighted by Gasteiger charge is -2.04. The van der Waals surface area contributed by atoms with E-state index < -0.39 is 23.4 Å². The zero-order valence-corrected chi connectivity index (χ0v) is 10.0. The van der Waals surface area contributed by atoms with Gasteiger partial charge in [-0.1, -0.05) is 6.07 Å². The lowest BCUT2D eigenvalue weighted by atomic mass is 10.0. The van der Waals surface area contributed by atoms with E-state index in [1.54, 1.807) is 6.92 Å². The van der Waals surface area contributed by atoms with E-state index in [4.69, 9.17) is 0 Å². The van der Waals surface area contributed by atoms with Gasteiger partial charge >= 0.3 is 5.97 Å². The Morgan fingerprint density at radius 2 is 1.78 bits per heavy atom. The van der Waals surface area contributed by atoms with Crippen LogP contribution in [0.2, 0.25) is 0 Å². The van der Waals surface area contributed by atoms with Crippen LogP contribution in [0.1, 0.15) is 25.3 Å². The number of hydrogen-bond acceptors (Lipinski definition) is 3. The molecule has 0 radical (unpaired) electrons. The summed E-state index contributed by atoms with van der Waals surface area (Å²) in [5.41, 5.74) is -0.258. The van der Waals surface area contributed by atoms with E-state index in [0.717, 1.165) is 12.1 Å². The smallest absolute Gasteiger partial charge is 0.306 e. The van der Waals surface area contributed by atoms with Crippen molar-refractivity contribution in [2.75, 3.05) is 6.61 Å². The minimum absolute atomic E-state index is 0.0667. The number of benzene rings is 1. The Morgan fingerprint density at radius 1 is 1.17 bits per heavy atom. The van der Waals surface area contributed by atoms with Crippen molar-refractivity contribution in [1.29, 1.82) is 0 Å². The number of halogens is 2. The van der Waals surface area contributed by atoms with Crippen molar-refractivity contribution in [2.45, 2.75) is 26.2 Å². The molecule has 0 aliphatic carbocycles. The van der Waals surface area contributed by atoms with Crippen LogP contribution in [0.25, 0.3) is 0 Å². The largest absolute Gasteiger partial charge is 0.466 e. The molecule has 0 bridgehead atoms. The van der Waals surface area contributed by atoms with Crippen LogP contribution >= 0.6 is 0 Å². The molecule has 1 rings (SSSR count). The van der Waals surface area contributed by atoms with E-state index in [1.807, 2.05) is 0 Å². The maximum atomic E-state index is 13.2. The quantitative estimate of drug-likeness (QED) is 0.734. The maximum Gasteiger partial charge on any atom is 0.306 e. The Kier molecular flexibility index (Phi) is 5.42. The Labute approximate surface area is 104 Å². The van der Waals surface area contributed by atoms with E-state index >= 15 is 0 Å². The molecule has 0 spiro atoms. The molecule has 5 heteroatoms. The van der Waals surface area contributed by atoms with Crippen LogP contribution in [0.3, 0.4) is 0 Å². The molecule has 0 aliphatic rings. The molecule has 0 aromatic heterocycles. The van der Waals surface area contributed by atoms with Crippen molar-refractivity contribution in [3.63, 3.8) is 0 Å². The lowest BCUT2D eigenvalue weighted by molar-refractivity contribution is -0.144. The first kappa shape index (κ1) is 14.3. The van der Waals surface area contributed by atoms with E-state index in [-0.39, 0.29) is 31.4 Å². The van der Waals surface area contributed by atoms with Gasteiger partial charge in [-0.05, 0) is 19.1 Å². The predicted molar refractivity (Wildman–Crippen MR) is 60.9 cm³/mol. The SMILES string of the molecule is CCOC(=O)CCC(=O)Cc1c(F)cccc1F. The van der Waals surface area contributed by atoms with E-state index in [2.05, 4.69) is 4.74 Å². The van der Waals surface area contributed by atoms with Crippen LogP contribution in [0.4, 0.5) is 8.78 Å². The van der Waals surface area contributed by atoms with Gasteiger partial charge < -0.3 is 4.74 Å². The molecule has 0 unspecified atom stereocenters. The summed E-state index contributed by atoms with van der Waals surface area (Å²) in [6.45, 7) is 1.91. The van der Waals surface area contributed by atoms with Crippen LogP contribution in [0.15, 0.2) is 18.2 Å². The maximum absolute atomic E-state index is 13.2. The summed E-state index contributed by atoms with van der Waals surface area (Å²) in [6.07, 6.45) is -0.493. The van der Waals surface area contributed by atoms with Gasteiger partial charge in [0.15, 0.2) is 0 Å². The molecular weight excluding hydrogens is 242 g/mol. The zero-order valence-electron chi connectivity index (χ0n) is 10.0. The van der Waals surface area contributed by atoms with Crippen molar-refractivity contribution in [3.05, 3.63) is 35.4 Å². The Bertz CT molecular complexity index is 424. The highest BCUT2D eigenvalue weighted by Gasteiger charge is 2.14. The Morgan fingerprint density at radius 3 is 2.33 bits per heavy atom. The number of Topliss-reactive ketones (excluding diaryl/α,β-unsaturated/α-hetero) is 1. The van der Waals surface area contributed by atoms with Gasteiger partial charge in [-0.15, -0.1) is 0 Å². The second kappa shape index (κ2) is 6.83. The summed E-state index contributed by atoms with van der Waals surface area (Å²) in [6, 6.07) is 3.42. The van der Waals surface area contributed by atoms with Crippen molar-refractivity contribution >= 4 is 11.8 Å². The number of hydrogen-bond donors (Lipinski definition) is 0. The molecule has 1 aromatic rings. The molecule has 0 fully saturated rings. The number of carbonyl (C=O) groups excluding carboxylic acids is 2. The third-order valence-corrected chi connectivity index (χ3v) is 2.35. The average Bonchev–Trinajstić information content (AvgIpc) is 2.32. The third kappa shape index (κ3) is 4.24. The zero-order chi connectivity index (χ0) is 13.5. The van der Waals surface area contributed by atoms with Crippen LogP contribution in [-0.4, -0.2) is 18.4 Å². The standard InChI is InChI=1S/C13H14F2O3/c1-2-18-13(17)7-6-9(16)8-10-11(14)4-3-5-12(10)15/h3-5H,2,6-8H2,1H3. The Hall–Kier alpha value is -1.78. The minimum Gasteiger partial charge on any atom is -0.466 e.